The number of allylic oxidation sites excluding steroid dienone is 4. The average Bonchev–Trinajstić information content (AvgIpc) is 3.08. The van der Waals surface area contributed by atoms with E-state index in [1.807, 2.05) is 0 Å². The average molecular weight is 456 g/mol. The van der Waals surface area contributed by atoms with Crippen LogP contribution in [0.5, 0.6) is 0 Å². The maximum atomic E-state index is 17.1. The van der Waals surface area contributed by atoms with Crippen molar-refractivity contribution in [3.05, 3.63) is 23.6 Å². The number of aliphatic carboxylic acids is 1. The zero-order valence-corrected chi connectivity index (χ0v) is 18.3. The van der Waals surface area contributed by atoms with E-state index in [9.17, 15) is 24.2 Å². The van der Waals surface area contributed by atoms with E-state index >= 15 is 8.78 Å². The third-order valence-electron chi connectivity index (χ3n) is 9.02. The molecule has 0 aromatic rings. The Balaban J connectivity index is 1.68. The number of alkyl halides is 2. The van der Waals surface area contributed by atoms with Gasteiger partial charge in [0.2, 0.25) is 5.78 Å². The van der Waals surface area contributed by atoms with Gasteiger partial charge in [-0.05, 0) is 52.0 Å². The largest absolute Gasteiger partial charge is 0.479 e. The molecule has 0 radical (unpaired) electrons. The van der Waals surface area contributed by atoms with Crippen LogP contribution in [0.3, 0.4) is 0 Å². The van der Waals surface area contributed by atoms with Gasteiger partial charge in [-0.2, -0.15) is 0 Å². The lowest BCUT2D eigenvalue weighted by Crippen LogP contribution is -2.71. The summed E-state index contributed by atoms with van der Waals surface area (Å²) < 4.78 is 59.0. The van der Waals surface area contributed by atoms with Crippen LogP contribution in [0.25, 0.3) is 0 Å². The van der Waals surface area contributed by atoms with Crippen molar-refractivity contribution in [1.29, 1.82) is 0 Å². The fourth-order valence-electron chi connectivity index (χ4n) is 7.77. The Morgan fingerprint density at radius 3 is 2.47 bits per heavy atom. The van der Waals surface area contributed by atoms with Crippen molar-refractivity contribution < 1.29 is 42.4 Å². The lowest BCUT2D eigenvalue weighted by molar-refractivity contribution is -0.253. The predicted molar refractivity (Wildman–Crippen MR) is 104 cm³/mol. The van der Waals surface area contributed by atoms with Crippen LogP contribution in [0.15, 0.2) is 23.6 Å². The molecule has 0 aromatic carbocycles. The Morgan fingerprint density at radius 2 is 1.84 bits per heavy atom. The topological polar surface area (TPSA) is 93.1 Å². The van der Waals surface area contributed by atoms with Crippen molar-refractivity contribution in [2.75, 3.05) is 0 Å². The van der Waals surface area contributed by atoms with E-state index in [1.165, 1.54) is 6.92 Å². The molecule has 176 valence electrons. The van der Waals surface area contributed by atoms with Gasteiger partial charge in [0.25, 0.3) is 0 Å². The molecule has 1 aliphatic heterocycles. The Bertz CT molecular complexity index is 992. The number of aliphatic hydroxyl groups is 1. The number of halogens is 3. The number of hydrogen-bond donors (Lipinski definition) is 2. The molecule has 4 aliphatic carbocycles. The molecule has 0 unspecified atom stereocenters. The van der Waals surface area contributed by atoms with Gasteiger partial charge in [0.1, 0.15) is 12.3 Å². The van der Waals surface area contributed by atoms with Crippen LogP contribution in [0.2, 0.25) is 0 Å². The van der Waals surface area contributed by atoms with Gasteiger partial charge < -0.3 is 19.7 Å². The second-order valence-electron chi connectivity index (χ2n) is 10.8. The van der Waals surface area contributed by atoms with Gasteiger partial charge in [0.15, 0.2) is 22.9 Å². The second-order valence-corrected chi connectivity index (χ2v) is 10.8. The van der Waals surface area contributed by atoms with Crippen molar-refractivity contribution in [3.63, 3.8) is 0 Å². The summed E-state index contributed by atoms with van der Waals surface area (Å²) in [5.41, 5.74) is -8.07. The highest BCUT2D eigenvalue weighted by molar-refractivity contribution is 6.04. The zero-order chi connectivity index (χ0) is 23.6. The molecule has 3 saturated carbocycles. The van der Waals surface area contributed by atoms with Gasteiger partial charge in [-0.1, -0.05) is 13.0 Å². The quantitative estimate of drug-likeness (QED) is 0.630. The first-order valence-corrected chi connectivity index (χ1v) is 10.9. The van der Waals surface area contributed by atoms with E-state index in [0.717, 1.165) is 12.2 Å². The lowest BCUT2D eigenvalue weighted by Gasteiger charge is -2.62. The molecule has 4 fully saturated rings. The minimum absolute atomic E-state index is 0.0995. The number of hydrogen-bond acceptors (Lipinski definition) is 5. The van der Waals surface area contributed by atoms with Gasteiger partial charge in [-0.25, -0.2) is 18.0 Å². The smallest absolute Gasteiger partial charge is 0.339 e. The Hall–Kier alpha value is -1.71. The minimum Gasteiger partial charge on any atom is -0.479 e. The molecule has 9 atom stereocenters. The van der Waals surface area contributed by atoms with Gasteiger partial charge >= 0.3 is 5.97 Å². The van der Waals surface area contributed by atoms with Crippen molar-refractivity contribution in [1.82, 2.24) is 0 Å². The van der Waals surface area contributed by atoms with E-state index in [-0.39, 0.29) is 12.8 Å². The summed E-state index contributed by atoms with van der Waals surface area (Å²) in [6.07, 6.45) is -3.24. The van der Waals surface area contributed by atoms with Crippen molar-refractivity contribution in [2.24, 2.45) is 22.7 Å². The Labute approximate surface area is 183 Å². The molecular weight excluding hydrogens is 429 g/mol. The molecule has 2 N–H and O–H groups in total. The molecule has 6 nitrogen and oxygen atoms in total. The number of carboxylic acid groups (broad SMARTS) is 1. The van der Waals surface area contributed by atoms with Gasteiger partial charge in [0.05, 0.1) is 6.10 Å². The molecule has 0 spiro atoms. The van der Waals surface area contributed by atoms with Crippen LogP contribution in [0.4, 0.5) is 13.2 Å². The first-order valence-electron chi connectivity index (χ1n) is 10.9. The summed E-state index contributed by atoms with van der Waals surface area (Å²) >= 11 is 0. The van der Waals surface area contributed by atoms with E-state index in [2.05, 4.69) is 0 Å². The highest BCUT2D eigenvalue weighted by Crippen LogP contribution is 2.72. The van der Waals surface area contributed by atoms with E-state index in [0.29, 0.717) is 0 Å². The molecule has 32 heavy (non-hydrogen) atoms. The molecule has 0 amide bonds. The number of ketones is 1. The number of aliphatic hydroxyl groups excluding tert-OH is 1. The summed E-state index contributed by atoms with van der Waals surface area (Å²) in [5, 5.41) is 21.5. The van der Waals surface area contributed by atoms with Crippen LogP contribution in [-0.4, -0.2) is 57.4 Å². The highest BCUT2D eigenvalue weighted by atomic mass is 19.2. The van der Waals surface area contributed by atoms with Crippen LogP contribution in [-0.2, 0) is 19.1 Å². The maximum absolute atomic E-state index is 17.1. The molecule has 1 heterocycles. The van der Waals surface area contributed by atoms with Crippen LogP contribution in [0.1, 0.15) is 47.0 Å². The number of ether oxygens (including phenoxy) is 2. The summed E-state index contributed by atoms with van der Waals surface area (Å²) in [6, 6.07) is 0. The normalized spacial score (nSPS) is 53.5. The molecular formula is C23H27F3O6. The summed E-state index contributed by atoms with van der Waals surface area (Å²) in [4.78, 5) is 24.4. The highest BCUT2D eigenvalue weighted by Gasteiger charge is 2.81. The van der Waals surface area contributed by atoms with Crippen LogP contribution >= 0.6 is 0 Å². The number of carbonyl (C=O) groups excluding carboxylic acids is 1. The fraction of sp³-hybridized carbons (Fsp3) is 0.739. The molecule has 0 aromatic heterocycles. The molecule has 5 aliphatic rings. The number of carbonyl (C=O) groups is 2. The van der Waals surface area contributed by atoms with Gasteiger partial charge in [-0.3, -0.25) is 4.79 Å². The Kier molecular flexibility index (Phi) is 4.17. The summed E-state index contributed by atoms with van der Waals surface area (Å²) in [5.74, 6) is -6.66. The number of carboxylic acids is 1. The van der Waals surface area contributed by atoms with Crippen molar-refractivity contribution in [2.45, 2.75) is 82.4 Å². The van der Waals surface area contributed by atoms with E-state index in [4.69, 9.17) is 9.47 Å². The molecule has 1 saturated heterocycles. The molecule has 0 bridgehead atoms. The van der Waals surface area contributed by atoms with E-state index in [1.54, 1.807) is 20.8 Å². The number of fused-ring (bicyclic) bond motifs is 7. The first kappa shape index (κ1) is 22.1. The first-order chi connectivity index (χ1) is 14.7. The van der Waals surface area contributed by atoms with Gasteiger partial charge in [-0.15, -0.1) is 0 Å². The number of rotatable bonds is 1. The third kappa shape index (κ3) is 2.18. The maximum Gasteiger partial charge on any atom is 0.339 e. The second kappa shape index (κ2) is 6.04. The van der Waals surface area contributed by atoms with Crippen LogP contribution in [0, 0.1) is 22.7 Å². The molecule has 9 heteroatoms. The van der Waals surface area contributed by atoms with Gasteiger partial charge in [0, 0.05) is 22.3 Å². The monoisotopic (exact) mass is 456 g/mol. The van der Waals surface area contributed by atoms with Crippen molar-refractivity contribution in [3.8, 4) is 0 Å². The third-order valence-corrected chi connectivity index (χ3v) is 9.02. The SMILES string of the molecule is CC1(C)O[C@@H]2C[C@H]3[C@@H]4C[C@H](F)C5=C(F)C(=O)C=C[C@]5(C)[C@@]4(F)[C@@H](O)C[C@]3(C)[C@]2(C(=O)O)O1. The fourth-order valence-corrected chi connectivity index (χ4v) is 7.77. The minimum atomic E-state index is -2.50. The summed E-state index contributed by atoms with van der Waals surface area (Å²) in [6.45, 7) is 6.11. The molecule has 5 rings (SSSR count). The summed E-state index contributed by atoms with van der Waals surface area (Å²) in [7, 11) is 0. The zero-order valence-electron chi connectivity index (χ0n) is 18.3. The predicted octanol–water partition coefficient (Wildman–Crippen LogP) is 3.19. The van der Waals surface area contributed by atoms with E-state index < -0.39 is 87.7 Å². The Morgan fingerprint density at radius 1 is 1.19 bits per heavy atom. The van der Waals surface area contributed by atoms with Crippen molar-refractivity contribution >= 4 is 11.8 Å². The standard InChI is InChI=1S/C23H27F3O6/c1-19(2)31-15-8-10-11-7-12(24)16-17(25)13(27)5-6-20(16,3)22(11,26)14(28)9-21(10,4)23(15,32-19)18(29)30/h5-6,10-12,14-15,28H,7-9H2,1-4H3,(H,29,30)/t10-,11-,12-,14-,15+,20-,21-,22-,23-/m0/s1. The lowest BCUT2D eigenvalue weighted by atomic mass is 9.44. The van der Waals surface area contributed by atoms with Crippen LogP contribution < -0.4 is 0 Å².